The van der Waals surface area contributed by atoms with Crippen LogP contribution >= 0.6 is 11.3 Å². The van der Waals surface area contributed by atoms with Crippen molar-refractivity contribution in [1.82, 2.24) is 0 Å². The van der Waals surface area contributed by atoms with Gasteiger partial charge in [0.25, 0.3) is 0 Å². The summed E-state index contributed by atoms with van der Waals surface area (Å²) in [6.07, 6.45) is 1.77. The first-order valence-corrected chi connectivity index (χ1v) is 6.35. The van der Waals surface area contributed by atoms with Crippen LogP contribution in [-0.2, 0) is 0 Å². The number of aryl methyl sites for hydroxylation is 1. The second-order valence-corrected chi connectivity index (χ2v) is 5.43. The molecule has 2 aromatic heterocycles. The second-order valence-electron chi connectivity index (χ2n) is 4.11. The van der Waals surface area contributed by atoms with Crippen LogP contribution < -0.4 is 5.73 Å². The molecule has 17 heavy (non-hydrogen) atoms. The number of para-hydroxylation sites is 1. The van der Waals surface area contributed by atoms with Crippen molar-refractivity contribution in [2.24, 2.45) is 5.73 Å². The van der Waals surface area contributed by atoms with Gasteiger partial charge in [0.15, 0.2) is 0 Å². The van der Waals surface area contributed by atoms with Crippen molar-refractivity contribution >= 4 is 22.3 Å². The summed E-state index contributed by atoms with van der Waals surface area (Å²) in [5.74, 6) is 0. The Morgan fingerprint density at radius 3 is 2.76 bits per heavy atom. The third-order valence-electron chi connectivity index (χ3n) is 2.91. The summed E-state index contributed by atoms with van der Waals surface area (Å²) in [7, 11) is 0. The molecule has 3 rings (SSSR count). The number of benzene rings is 1. The average molecular weight is 243 g/mol. The van der Waals surface area contributed by atoms with Gasteiger partial charge in [-0.25, -0.2) is 0 Å². The Morgan fingerprint density at radius 2 is 2.00 bits per heavy atom. The number of rotatable bonds is 2. The maximum atomic E-state index is 6.29. The minimum Gasteiger partial charge on any atom is -0.464 e. The van der Waals surface area contributed by atoms with Crippen molar-refractivity contribution in [1.29, 1.82) is 0 Å². The first-order chi connectivity index (χ1) is 8.25. The predicted molar refractivity (Wildman–Crippen MR) is 71.3 cm³/mol. The Labute approximate surface area is 104 Å². The van der Waals surface area contributed by atoms with Gasteiger partial charge in [-0.15, -0.1) is 11.3 Å². The molecule has 0 fully saturated rings. The standard InChI is InChI=1S/C14H13NOS/c1-9-6-7-13(17-9)14(15)11-8-16-12-5-3-2-4-10(11)12/h2-8,14H,15H2,1H3. The summed E-state index contributed by atoms with van der Waals surface area (Å²) < 4.78 is 5.52. The smallest absolute Gasteiger partial charge is 0.134 e. The maximum Gasteiger partial charge on any atom is 0.134 e. The third-order valence-corrected chi connectivity index (χ3v) is 4.00. The van der Waals surface area contributed by atoms with Gasteiger partial charge in [-0.05, 0) is 25.1 Å². The molecule has 0 saturated carbocycles. The number of fused-ring (bicyclic) bond motifs is 1. The van der Waals surface area contributed by atoms with E-state index in [1.54, 1.807) is 17.6 Å². The molecule has 0 aliphatic rings. The van der Waals surface area contributed by atoms with Gasteiger partial charge in [0.2, 0.25) is 0 Å². The minimum atomic E-state index is -0.0997. The molecule has 1 unspecified atom stereocenters. The Kier molecular flexibility index (Phi) is 2.50. The highest BCUT2D eigenvalue weighted by Gasteiger charge is 2.16. The monoisotopic (exact) mass is 243 g/mol. The molecule has 2 N–H and O–H groups in total. The zero-order valence-corrected chi connectivity index (χ0v) is 10.3. The van der Waals surface area contributed by atoms with Gasteiger partial charge in [0, 0.05) is 20.7 Å². The molecule has 0 bridgehead atoms. The molecule has 1 aromatic carbocycles. The summed E-state index contributed by atoms with van der Waals surface area (Å²) in [6, 6.07) is 12.1. The number of hydrogen-bond donors (Lipinski definition) is 1. The van der Waals surface area contributed by atoms with E-state index in [2.05, 4.69) is 25.1 Å². The van der Waals surface area contributed by atoms with Crippen molar-refractivity contribution in [2.75, 3.05) is 0 Å². The van der Waals surface area contributed by atoms with Crippen molar-refractivity contribution in [3.8, 4) is 0 Å². The quantitative estimate of drug-likeness (QED) is 0.742. The summed E-state index contributed by atoms with van der Waals surface area (Å²) in [5, 5.41) is 1.10. The molecule has 0 saturated heterocycles. The van der Waals surface area contributed by atoms with E-state index in [-0.39, 0.29) is 6.04 Å². The number of thiophene rings is 1. The molecule has 0 aliphatic carbocycles. The second kappa shape index (κ2) is 4.02. The highest BCUT2D eigenvalue weighted by atomic mass is 32.1. The Balaban J connectivity index is 2.09. The van der Waals surface area contributed by atoms with Crippen LogP contribution in [0, 0.1) is 6.92 Å². The van der Waals surface area contributed by atoms with E-state index >= 15 is 0 Å². The normalized spacial score (nSPS) is 13.1. The molecule has 1 atom stereocenters. The molecule has 0 amide bonds. The summed E-state index contributed by atoms with van der Waals surface area (Å²) in [5.41, 5.74) is 8.24. The van der Waals surface area contributed by atoms with Crippen LogP contribution in [0.1, 0.15) is 21.4 Å². The van der Waals surface area contributed by atoms with Crippen molar-refractivity contribution in [3.63, 3.8) is 0 Å². The third kappa shape index (κ3) is 1.77. The molecule has 86 valence electrons. The summed E-state index contributed by atoms with van der Waals surface area (Å²) >= 11 is 1.74. The molecule has 0 radical (unpaired) electrons. The molecule has 0 spiro atoms. The van der Waals surface area contributed by atoms with Crippen LogP contribution in [0.4, 0.5) is 0 Å². The van der Waals surface area contributed by atoms with E-state index in [0.29, 0.717) is 0 Å². The Morgan fingerprint density at radius 1 is 1.18 bits per heavy atom. The summed E-state index contributed by atoms with van der Waals surface area (Å²) in [4.78, 5) is 2.46. The van der Waals surface area contributed by atoms with Gasteiger partial charge < -0.3 is 10.2 Å². The van der Waals surface area contributed by atoms with Gasteiger partial charge in [-0.1, -0.05) is 18.2 Å². The van der Waals surface area contributed by atoms with Crippen molar-refractivity contribution in [2.45, 2.75) is 13.0 Å². The highest BCUT2D eigenvalue weighted by Crippen LogP contribution is 2.31. The van der Waals surface area contributed by atoms with E-state index in [9.17, 15) is 0 Å². The lowest BCUT2D eigenvalue weighted by atomic mass is 10.1. The minimum absolute atomic E-state index is 0.0997. The number of furan rings is 1. The molecule has 3 heteroatoms. The van der Waals surface area contributed by atoms with Crippen LogP contribution in [-0.4, -0.2) is 0 Å². The Hall–Kier alpha value is -1.58. The van der Waals surface area contributed by atoms with Gasteiger partial charge >= 0.3 is 0 Å². The first kappa shape index (κ1) is 10.6. The number of hydrogen-bond acceptors (Lipinski definition) is 3. The van der Waals surface area contributed by atoms with Crippen LogP contribution in [0.15, 0.2) is 47.1 Å². The van der Waals surface area contributed by atoms with E-state index in [4.69, 9.17) is 10.2 Å². The van der Waals surface area contributed by atoms with E-state index < -0.39 is 0 Å². The van der Waals surface area contributed by atoms with Gasteiger partial charge in [0.05, 0.1) is 12.3 Å². The van der Waals surface area contributed by atoms with Crippen LogP contribution in [0.2, 0.25) is 0 Å². The lowest BCUT2D eigenvalue weighted by Crippen LogP contribution is -2.09. The molecule has 0 aliphatic heterocycles. The summed E-state index contributed by atoms with van der Waals surface area (Å²) in [6.45, 7) is 2.09. The topological polar surface area (TPSA) is 39.2 Å². The Bertz CT molecular complexity index is 653. The first-order valence-electron chi connectivity index (χ1n) is 5.54. The lowest BCUT2D eigenvalue weighted by molar-refractivity contribution is 0.607. The highest BCUT2D eigenvalue weighted by molar-refractivity contribution is 7.12. The molecule has 3 aromatic rings. The van der Waals surface area contributed by atoms with Crippen LogP contribution in [0.3, 0.4) is 0 Å². The molecular weight excluding hydrogens is 230 g/mol. The van der Waals surface area contributed by atoms with Crippen molar-refractivity contribution < 1.29 is 4.42 Å². The van der Waals surface area contributed by atoms with E-state index in [1.807, 2.05) is 18.2 Å². The molecule has 2 heterocycles. The zero-order chi connectivity index (χ0) is 11.8. The van der Waals surface area contributed by atoms with E-state index in [0.717, 1.165) is 16.5 Å². The van der Waals surface area contributed by atoms with Crippen molar-refractivity contribution in [3.05, 3.63) is 58.0 Å². The van der Waals surface area contributed by atoms with Gasteiger partial charge in [-0.3, -0.25) is 0 Å². The maximum absolute atomic E-state index is 6.29. The fourth-order valence-corrected chi connectivity index (χ4v) is 2.91. The van der Waals surface area contributed by atoms with E-state index in [1.165, 1.54) is 9.75 Å². The average Bonchev–Trinajstić information content (AvgIpc) is 2.94. The lowest BCUT2D eigenvalue weighted by Gasteiger charge is -2.07. The largest absolute Gasteiger partial charge is 0.464 e. The fraction of sp³-hybridized carbons (Fsp3) is 0.143. The van der Waals surface area contributed by atoms with Gasteiger partial charge in [-0.2, -0.15) is 0 Å². The zero-order valence-electron chi connectivity index (χ0n) is 9.51. The predicted octanol–water partition coefficient (Wildman–Crippen LogP) is 3.85. The molecule has 2 nitrogen and oxygen atoms in total. The molecular formula is C14H13NOS. The van der Waals surface area contributed by atoms with Crippen LogP contribution in [0.5, 0.6) is 0 Å². The fourth-order valence-electron chi connectivity index (χ4n) is 2.01. The van der Waals surface area contributed by atoms with Crippen LogP contribution in [0.25, 0.3) is 11.0 Å². The number of nitrogens with two attached hydrogens (primary N) is 1. The SMILES string of the molecule is Cc1ccc(C(N)c2coc3ccccc23)s1. The van der Waals surface area contributed by atoms with Gasteiger partial charge in [0.1, 0.15) is 5.58 Å².